The Labute approximate surface area is 404 Å². The molecule has 14 nitrogen and oxygen atoms in total. The molecule has 4 amide bonds. The van der Waals surface area contributed by atoms with E-state index in [4.69, 9.17) is 34.7 Å². The number of anilines is 2. The van der Waals surface area contributed by atoms with Crippen LogP contribution >= 0.6 is 34.5 Å². The second-order valence-electron chi connectivity index (χ2n) is 16.8. The third-order valence-electron chi connectivity index (χ3n) is 12.0. The molecule has 2 aliphatic heterocycles. The Morgan fingerprint density at radius 2 is 1.19 bits per heavy atom. The number of hydrogen-bond acceptors (Lipinski definition) is 11. The second kappa shape index (κ2) is 21.9. The predicted octanol–water partition coefficient (Wildman–Crippen LogP) is 8.68. The van der Waals surface area contributed by atoms with Gasteiger partial charge in [-0.05, 0) is 98.0 Å². The molecule has 2 aliphatic rings. The summed E-state index contributed by atoms with van der Waals surface area (Å²) in [6.07, 6.45) is 12.3. The Balaban J connectivity index is 0.000000199. The van der Waals surface area contributed by atoms with Gasteiger partial charge in [0.05, 0.1) is 16.1 Å². The van der Waals surface area contributed by atoms with Crippen molar-refractivity contribution < 1.29 is 19.2 Å². The Bertz CT molecular complexity index is 2840. The molecule has 5 heterocycles. The van der Waals surface area contributed by atoms with Crippen molar-refractivity contribution in [2.24, 2.45) is 0 Å². The molecule has 3 aromatic carbocycles. The van der Waals surface area contributed by atoms with Crippen LogP contribution in [0, 0.1) is 0 Å². The van der Waals surface area contributed by atoms with Gasteiger partial charge in [-0.3, -0.25) is 19.2 Å². The third kappa shape index (κ3) is 11.6. The fraction of sp³-hybridized carbons (Fsp3) is 0.320. The minimum atomic E-state index is -0.490. The molecule has 0 aliphatic carbocycles. The minimum Gasteiger partial charge on any atom is -0.383 e. The number of hydrogen-bond donors (Lipinski definition) is 2. The molecule has 2 fully saturated rings. The highest BCUT2D eigenvalue weighted by molar-refractivity contribution is 7.11. The largest absolute Gasteiger partial charge is 0.383 e. The van der Waals surface area contributed by atoms with Gasteiger partial charge in [0, 0.05) is 76.5 Å². The number of fused-ring (bicyclic) bond motifs is 2. The normalized spacial score (nSPS) is 18.9. The average Bonchev–Trinajstić information content (AvgIpc) is 3.74. The molecule has 8 rings (SSSR count). The number of aromatic nitrogens is 4. The van der Waals surface area contributed by atoms with Crippen molar-refractivity contribution in [1.29, 1.82) is 0 Å². The molecule has 4 unspecified atom stereocenters. The quantitative estimate of drug-likeness (QED) is 0.113. The van der Waals surface area contributed by atoms with E-state index in [0.717, 1.165) is 56.2 Å². The van der Waals surface area contributed by atoms with Crippen molar-refractivity contribution in [3.63, 3.8) is 0 Å². The van der Waals surface area contributed by atoms with E-state index >= 15 is 0 Å². The summed E-state index contributed by atoms with van der Waals surface area (Å²) in [4.78, 5) is 77.8. The maximum absolute atomic E-state index is 13.5. The summed E-state index contributed by atoms with van der Waals surface area (Å²) < 4.78 is 0. The first kappa shape index (κ1) is 48.5. The van der Waals surface area contributed by atoms with Crippen molar-refractivity contribution in [2.45, 2.75) is 90.6 Å². The van der Waals surface area contributed by atoms with E-state index in [1.54, 1.807) is 34.1 Å². The lowest BCUT2D eigenvalue weighted by Gasteiger charge is -2.44. The first-order chi connectivity index (χ1) is 32.2. The summed E-state index contributed by atoms with van der Waals surface area (Å²) in [6.45, 7) is 9.84. The molecule has 0 saturated carbocycles. The number of carbonyl (C=O) groups is 4. The molecular weight excluding hydrogens is 908 g/mol. The summed E-state index contributed by atoms with van der Waals surface area (Å²) in [7, 11) is 0. The number of nitrogens with two attached hydrogens (primary N) is 2. The standard InChI is InChI=1S/C26H28ClN5O2.C24H26ClN5O2S/c1-3-5-23-26(34)31(15-19-8-10-21-22(13-19)29-16-30-25(21)28)17(2)14-32(23)24(33)11-9-18-6-4-7-20(27)12-18;1-3-4-21-24(32)29(12-16-5-7-19-20(9-16)27-14-28-23(19)26)15(2)11-30(21)22(31)8-6-18-10-17(25)13-33-18/h4,6-13,16-17,23H,3,5,14-15H2,1-2H3,(H2,28,29,30);5-10,13-15,21H,3-4,11-12H2,1-2H3,(H2,26,27,28). The van der Waals surface area contributed by atoms with E-state index in [0.29, 0.717) is 60.7 Å². The van der Waals surface area contributed by atoms with Gasteiger partial charge in [0.2, 0.25) is 23.6 Å². The molecule has 348 valence electrons. The minimum absolute atomic E-state index is 0.0289. The van der Waals surface area contributed by atoms with Crippen molar-refractivity contribution in [3.05, 3.63) is 129 Å². The van der Waals surface area contributed by atoms with Crippen LogP contribution in [-0.4, -0.2) is 100 Å². The third-order valence-corrected chi connectivity index (χ3v) is 13.5. The monoisotopic (exact) mass is 960 g/mol. The number of thiophene rings is 1. The highest BCUT2D eigenvalue weighted by Gasteiger charge is 2.41. The van der Waals surface area contributed by atoms with Crippen LogP contribution in [-0.2, 0) is 32.3 Å². The van der Waals surface area contributed by atoms with Crippen molar-refractivity contribution in [3.8, 4) is 0 Å². The van der Waals surface area contributed by atoms with Gasteiger partial charge < -0.3 is 31.1 Å². The van der Waals surface area contributed by atoms with Gasteiger partial charge in [-0.15, -0.1) is 11.3 Å². The molecule has 17 heteroatoms. The van der Waals surface area contributed by atoms with E-state index in [1.807, 2.05) is 97.5 Å². The summed E-state index contributed by atoms with van der Waals surface area (Å²) in [6, 6.07) is 19.4. The lowest BCUT2D eigenvalue weighted by Crippen LogP contribution is -2.61. The summed E-state index contributed by atoms with van der Waals surface area (Å²) in [5.41, 5.74) is 16.1. The van der Waals surface area contributed by atoms with Crippen molar-refractivity contribution in [1.82, 2.24) is 39.5 Å². The molecule has 3 aromatic heterocycles. The smallest absolute Gasteiger partial charge is 0.247 e. The molecule has 0 bridgehead atoms. The van der Waals surface area contributed by atoms with Crippen LogP contribution in [0.3, 0.4) is 0 Å². The molecule has 67 heavy (non-hydrogen) atoms. The van der Waals surface area contributed by atoms with E-state index in [2.05, 4.69) is 19.9 Å². The van der Waals surface area contributed by atoms with Gasteiger partial charge >= 0.3 is 0 Å². The number of nitrogen functional groups attached to an aromatic ring is 2. The van der Waals surface area contributed by atoms with Crippen LogP contribution in [0.25, 0.3) is 34.0 Å². The predicted molar refractivity (Wildman–Crippen MR) is 268 cm³/mol. The summed E-state index contributed by atoms with van der Waals surface area (Å²) in [5, 5.41) is 4.66. The molecule has 6 aromatic rings. The van der Waals surface area contributed by atoms with Gasteiger partial charge in [0.1, 0.15) is 36.4 Å². The number of benzene rings is 3. The lowest BCUT2D eigenvalue weighted by molar-refractivity contribution is -0.153. The van der Waals surface area contributed by atoms with Crippen LogP contribution in [0.4, 0.5) is 11.6 Å². The highest BCUT2D eigenvalue weighted by Crippen LogP contribution is 2.28. The van der Waals surface area contributed by atoms with Crippen LogP contribution < -0.4 is 11.5 Å². The van der Waals surface area contributed by atoms with Gasteiger partial charge in [0.15, 0.2) is 0 Å². The van der Waals surface area contributed by atoms with Crippen molar-refractivity contribution >= 4 is 104 Å². The molecule has 4 atom stereocenters. The number of nitrogens with zero attached hydrogens (tertiary/aromatic N) is 8. The van der Waals surface area contributed by atoms with Gasteiger partial charge in [-0.1, -0.05) is 74.2 Å². The molecular formula is C50H54Cl2N10O4S. The van der Waals surface area contributed by atoms with E-state index in [1.165, 1.54) is 36.1 Å². The number of piperazine rings is 2. The van der Waals surface area contributed by atoms with E-state index in [9.17, 15) is 19.2 Å². The zero-order chi connectivity index (χ0) is 47.8. The number of halogens is 2. The van der Waals surface area contributed by atoms with Crippen molar-refractivity contribution in [2.75, 3.05) is 24.6 Å². The van der Waals surface area contributed by atoms with Gasteiger partial charge in [-0.25, -0.2) is 19.9 Å². The fourth-order valence-corrected chi connectivity index (χ4v) is 9.71. The average molecular weight is 962 g/mol. The van der Waals surface area contributed by atoms with E-state index < -0.39 is 12.1 Å². The Morgan fingerprint density at radius 1 is 0.687 bits per heavy atom. The first-order valence-electron chi connectivity index (χ1n) is 22.3. The topological polar surface area (TPSA) is 185 Å². The Morgan fingerprint density at radius 3 is 1.66 bits per heavy atom. The second-order valence-corrected chi connectivity index (χ2v) is 18.6. The van der Waals surface area contributed by atoms with Crippen LogP contribution in [0.5, 0.6) is 0 Å². The Kier molecular flexibility index (Phi) is 15.9. The number of rotatable bonds is 12. The number of amides is 4. The summed E-state index contributed by atoms with van der Waals surface area (Å²) >= 11 is 13.5. The summed E-state index contributed by atoms with van der Waals surface area (Å²) in [5.74, 6) is 0.476. The van der Waals surface area contributed by atoms with Gasteiger partial charge in [-0.2, -0.15) is 0 Å². The van der Waals surface area contributed by atoms with Crippen LogP contribution in [0.1, 0.15) is 74.9 Å². The maximum atomic E-state index is 13.5. The molecule has 4 N–H and O–H groups in total. The zero-order valence-corrected chi connectivity index (χ0v) is 40.2. The SMILES string of the molecule is CCCC1C(=O)N(Cc2ccc3c(N)ncnc3c2)C(C)CN1C(=O)C=Cc1cc(Cl)cs1.CCCC1C(=O)N(Cc2ccc3c(N)ncnc3c2)C(C)CN1C(=O)C=Cc1cccc(Cl)c1. The molecule has 2 saturated heterocycles. The molecule has 0 spiro atoms. The first-order valence-corrected chi connectivity index (χ1v) is 23.9. The number of carbonyl (C=O) groups excluding carboxylic acids is 4. The lowest BCUT2D eigenvalue weighted by atomic mass is 10.0. The fourth-order valence-electron chi connectivity index (χ4n) is 8.54. The maximum Gasteiger partial charge on any atom is 0.247 e. The van der Waals surface area contributed by atoms with Gasteiger partial charge in [0.25, 0.3) is 0 Å². The van der Waals surface area contributed by atoms with E-state index in [-0.39, 0.29) is 35.7 Å². The molecule has 0 radical (unpaired) electrons. The Hall–Kier alpha value is -6.42. The highest BCUT2D eigenvalue weighted by atomic mass is 35.5. The zero-order valence-electron chi connectivity index (χ0n) is 37.9. The van der Waals surface area contributed by atoms with Crippen LogP contribution in [0.2, 0.25) is 10.0 Å². The van der Waals surface area contributed by atoms with Crippen LogP contribution in [0.15, 0.2) is 96.9 Å².